The Balaban J connectivity index is 3.41. The molecule has 0 aromatic heterocycles. The van der Waals surface area contributed by atoms with Crippen molar-refractivity contribution in [2.75, 3.05) is 0 Å². The second-order valence-electron chi connectivity index (χ2n) is 3.74. The molecule has 0 unspecified atom stereocenters. The first-order chi connectivity index (χ1) is 6.65. The summed E-state index contributed by atoms with van der Waals surface area (Å²) in [5.41, 5.74) is 2.72. The van der Waals surface area contributed by atoms with Crippen LogP contribution in [0.25, 0.3) is 12.2 Å². The predicted molar refractivity (Wildman–Crippen MR) is 64.3 cm³/mol. The molecule has 0 fully saturated rings. The van der Waals surface area contributed by atoms with Gasteiger partial charge in [-0.25, -0.2) is 0 Å². The van der Waals surface area contributed by atoms with Crippen molar-refractivity contribution in [2.45, 2.75) is 27.7 Å². The van der Waals surface area contributed by atoms with Gasteiger partial charge in [0, 0.05) is 0 Å². The van der Waals surface area contributed by atoms with Crippen LogP contribution in [0.3, 0.4) is 0 Å². The van der Waals surface area contributed by atoms with Gasteiger partial charge in [-0.1, -0.05) is 47.6 Å². The fourth-order valence-electron chi connectivity index (χ4n) is 1.28. The number of hydrogen-bond acceptors (Lipinski definition) is 0. The van der Waals surface area contributed by atoms with Gasteiger partial charge in [-0.3, -0.25) is 0 Å². The van der Waals surface area contributed by atoms with Gasteiger partial charge in [-0.05, 0) is 38.1 Å². The van der Waals surface area contributed by atoms with Gasteiger partial charge < -0.3 is 0 Å². The van der Waals surface area contributed by atoms with E-state index in [0.29, 0.717) is 0 Å². The van der Waals surface area contributed by atoms with Crippen molar-refractivity contribution in [3.63, 3.8) is 0 Å². The van der Waals surface area contributed by atoms with E-state index in [9.17, 15) is 0 Å². The smallest absolute Gasteiger partial charge is 0.0185 e. The standard InChI is InChI=1S/C14H18/c1-5-13-8-6-7-9-14(13)10-12(4)11(2)3/h5-10H,1-4H3/b13-5-,14-10-. The second-order valence-corrected chi connectivity index (χ2v) is 3.74. The van der Waals surface area contributed by atoms with E-state index in [2.05, 4.69) is 64.1 Å². The van der Waals surface area contributed by atoms with Crippen LogP contribution in [0.2, 0.25) is 0 Å². The van der Waals surface area contributed by atoms with Gasteiger partial charge >= 0.3 is 0 Å². The number of allylic oxidation sites excluding steroid dienone is 2. The highest BCUT2D eigenvalue weighted by Gasteiger charge is 1.87. The minimum atomic E-state index is 1.30. The molecule has 0 spiro atoms. The maximum Gasteiger partial charge on any atom is -0.0185 e. The SMILES string of the molecule is C/C=c1/cccc/c1=C/C(C)=C(C)C. The average Bonchev–Trinajstić information content (AvgIpc) is 2.18. The summed E-state index contributed by atoms with van der Waals surface area (Å²) >= 11 is 0. The van der Waals surface area contributed by atoms with Crippen molar-refractivity contribution in [1.29, 1.82) is 0 Å². The quantitative estimate of drug-likeness (QED) is 0.632. The number of benzene rings is 1. The van der Waals surface area contributed by atoms with Crippen molar-refractivity contribution >= 4 is 12.2 Å². The van der Waals surface area contributed by atoms with Crippen LogP contribution in [0.4, 0.5) is 0 Å². The summed E-state index contributed by atoms with van der Waals surface area (Å²) in [6.45, 7) is 8.51. The largest absolute Gasteiger partial charge is 0.0798 e. The van der Waals surface area contributed by atoms with Crippen LogP contribution in [0.5, 0.6) is 0 Å². The normalized spacial score (nSPS) is 13.1. The maximum absolute atomic E-state index is 2.24. The molecule has 0 aliphatic rings. The zero-order valence-corrected chi connectivity index (χ0v) is 9.46. The molecule has 0 atom stereocenters. The van der Waals surface area contributed by atoms with E-state index in [1.165, 1.54) is 21.6 Å². The molecular weight excluding hydrogens is 168 g/mol. The molecule has 0 saturated carbocycles. The second kappa shape index (κ2) is 4.80. The lowest BCUT2D eigenvalue weighted by Gasteiger charge is -1.96. The minimum absolute atomic E-state index is 1.30. The lowest BCUT2D eigenvalue weighted by Crippen LogP contribution is -2.23. The molecule has 0 nitrogen and oxygen atoms in total. The molecule has 14 heavy (non-hydrogen) atoms. The van der Waals surface area contributed by atoms with E-state index in [1.54, 1.807) is 0 Å². The summed E-state index contributed by atoms with van der Waals surface area (Å²) in [7, 11) is 0. The van der Waals surface area contributed by atoms with Crippen LogP contribution in [0.15, 0.2) is 35.4 Å². The van der Waals surface area contributed by atoms with Gasteiger partial charge in [0.1, 0.15) is 0 Å². The summed E-state index contributed by atoms with van der Waals surface area (Å²) in [6, 6.07) is 8.45. The molecule has 1 aromatic carbocycles. The summed E-state index contributed by atoms with van der Waals surface area (Å²) < 4.78 is 0. The van der Waals surface area contributed by atoms with E-state index < -0.39 is 0 Å². The van der Waals surface area contributed by atoms with Gasteiger partial charge in [0.15, 0.2) is 0 Å². The highest BCUT2D eigenvalue weighted by atomic mass is 13.9. The Labute approximate surface area is 86.3 Å². The predicted octanol–water partition coefficient (Wildman–Crippen LogP) is 2.62. The van der Waals surface area contributed by atoms with Crippen LogP contribution in [-0.2, 0) is 0 Å². The third kappa shape index (κ3) is 2.59. The lowest BCUT2D eigenvalue weighted by atomic mass is 10.1. The molecule has 0 aliphatic heterocycles. The monoisotopic (exact) mass is 186 g/mol. The highest BCUT2D eigenvalue weighted by molar-refractivity contribution is 5.48. The molecule has 0 bridgehead atoms. The van der Waals surface area contributed by atoms with Crippen molar-refractivity contribution < 1.29 is 0 Å². The van der Waals surface area contributed by atoms with Crippen molar-refractivity contribution in [3.05, 3.63) is 45.8 Å². The molecule has 0 radical (unpaired) electrons. The van der Waals surface area contributed by atoms with Crippen LogP contribution in [0, 0.1) is 0 Å². The third-order valence-electron chi connectivity index (χ3n) is 2.47. The van der Waals surface area contributed by atoms with Gasteiger partial charge in [0.05, 0.1) is 0 Å². The third-order valence-corrected chi connectivity index (χ3v) is 2.47. The highest BCUT2D eigenvalue weighted by Crippen LogP contribution is 2.01. The number of hydrogen-bond donors (Lipinski definition) is 0. The van der Waals surface area contributed by atoms with E-state index in [-0.39, 0.29) is 0 Å². The van der Waals surface area contributed by atoms with E-state index in [1.807, 2.05) is 0 Å². The van der Waals surface area contributed by atoms with Gasteiger partial charge in [-0.15, -0.1) is 0 Å². The molecule has 0 amide bonds. The van der Waals surface area contributed by atoms with Gasteiger partial charge in [0.2, 0.25) is 0 Å². The average molecular weight is 186 g/mol. The Morgan fingerprint density at radius 1 is 1.00 bits per heavy atom. The molecule has 0 saturated heterocycles. The van der Waals surface area contributed by atoms with Crippen LogP contribution >= 0.6 is 0 Å². The Bertz CT molecular complexity index is 443. The summed E-state index contributed by atoms with van der Waals surface area (Å²) in [5.74, 6) is 0. The van der Waals surface area contributed by atoms with E-state index in [4.69, 9.17) is 0 Å². The summed E-state index contributed by atoms with van der Waals surface area (Å²) in [4.78, 5) is 0. The van der Waals surface area contributed by atoms with Gasteiger partial charge in [0.25, 0.3) is 0 Å². The Hall–Kier alpha value is -1.30. The number of rotatable bonds is 1. The topological polar surface area (TPSA) is 0 Å². The summed E-state index contributed by atoms with van der Waals surface area (Å²) in [5, 5.41) is 2.60. The first-order valence-electron chi connectivity index (χ1n) is 5.02. The van der Waals surface area contributed by atoms with E-state index >= 15 is 0 Å². The van der Waals surface area contributed by atoms with Crippen molar-refractivity contribution in [1.82, 2.24) is 0 Å². The maximum atomic E-state index is 2.24. The molecule has 0 heterocycles. The van der Waals surface area contributed by atoms with Crippen LogP contribution < -0.4 is 10.4 Å². The van der Waals surface area contributed by atoms with Crippen LogP contribution in [0.1, 0.15) is 27.7 Å². The lowest BCUT2D eigenvalue weighted by molar-refractivity contribution is 1.31. The zero-order chi connectivity index (χ0) is 10.6. The van der Waals surface area contributed by atoms with E-state index in [0.717, 1.165) is 0 Å². The molecule has 0 N–H and O–H groups in total. The van der Waals surface area contributed by atoms with Crippen molar-refractivity contribution in [3.8, 4) is 0 Å². The summed E-state index contributed by atoms with van der Waals surface area (Å²) in [6.07, 6.45) is 4.38. The molecule has 1 rings (SSSR count). The fourth-order valence-corrected chi connectivity index (χ4v) is 1.28. The molecule has 74 valence electrons. The van der Waals surface area contributed by atoms with Crippen LogP contribution in [-0.4, -0.2) is 0 Å². The first kappa shape index (κ1) is 10.8. The zero-order valence-electron chi connectivity index (χ0n) is 9.46. The Morgan fingerprint density at radius 2 is 1.57 bits per heavy atom. The molecule has 1 aromatic rings. The Morgan fingerprint density at radius 3 is 2.07 bits per heavy atom. The van der Waals surface area contributed by atoms with Crippen molar-refractivity contribution in [2.24, 2.45) is 0 Å². The molecular formula is C14H18. The minimum Gasteiger partial charge on any atom is -0.0798 e. The first-order valence-corrected chi connectivity index (χ1v) is 5.02. The molecule has 0 aliphatic carbocycles. The Kier molecular flexibility index (Phi) is 3.70. The molecule has 0 heteroatoms. The fraction of sp³-hybridized carbons (Fsp3) is 0.286. The van der Waals surface area contributed by atoms with Gasteiger partial charge in [-0.2, -0.15) is 0 Å².